The van der Waals surface area contributed by atoms with Gasteiger partial charge in [0.15, 0.2) is 0 Å². The number of carbonyl (C=O) groups excluding carboxylic acids is 1. The first kappa shape index (κ1) is 18.9. The highest BCUT2D eigenvalue weighted by Crippen LogP contribution is 2.26. The summed E-state index contributed by atoms with van der Waals surface area (Å²) in [7, 11) is 0. The topological polar surface area (TPSA) is 63.2 Å². The van der Waals surface area contributed by atoms with Gasteiger partial charge in [-0.1, -0.05) is 0 Å². The highest BCUT2D eigenvalue weighted by molar-refractivity contribution is 7.13. The molecule has 2 N–H and O–H groups in total. The molecule has 0 radical (unpaired) electrons. The third kappa shape index (κ3) is 5.54. The molecular weight excluding hydrogens is 346 g/mol. The fourth-order valence-electron chi connectivity index (χ4n) is 3.19. The van der Waals surface area contributed by atoms with Gasteiger partial charge in [0.2, 0.25) is 5.91 Å². The van der Waals surface area contributed by atoms with E-state index in [1.165, 1.54) is 12.8 Å². The summed E-state index contributed by atoms with van der Waals surface area (Å²) in [5.74, 6) is 1.60. The largest absolute Gasteiger partial charge is 0.494 e. The van der Waals surface area contributed by atoms with Gasteiger partial charge in [-0.25, -0.2) is 4.98 Å². The lowest BCUT2D eigenvalue weighted by Gasteiger charge is -2.22. The second kappa shape index (κ2) is 9.69. The quantitative estimate of drug-likeness (QED) is 0.746. The SMILES string of the molecule is CCOc1ccc(-c2nc(CC(=O)NCCC3CCCNC3)cs2)cc1. The van der Waals surface area contributed by atoms with E-state index in [1.54, 1.807) is 11.3 Å². The van der Waals surface area contributed by atoms with Crippen LogP contribution in [-0.2, 0) is 11.2 Å². The number of ether oxygens (including phenoxy) is 1. The first-order valence-electron chi connectivity index (χ1n) is 9.39. The summed E-state index contributed by atoms with van der Waals surface area (Å²) < 4.78 is 5.46. The van der Waals surface area contributed by atoms with Gasteiger partial charge in [-0.15, -0.1) is 11.3 Å². The molecule has 140 valence electrons. The molecule has 1 fully saturated rings. The zero-order chi connectivity index (χ0) is 18.2. The molecule has 1 amide bonds. The Labute approximate surface area is 159 Å². The van der Waals surface area contributed by atoms with Crippen LogP contribution in [0.25, 0.3) is 10.6 Å². The standard InChI is InChI=1S/C20H27N3O2S/c1-2-25-18-7-5-16(6-8-18)20-23-17(14-26-20)12-19(24)22-11-9-15-4-3-10-21-13-15/h5-8,14-15,21H,2-4,9-13H2,1H3,(H,22,24). The van der Waals surface area contributed by atoms with E-state index in [4.69, 9.17) is 4.74 Å². The normalized spacial score (nSPS) is 17.0. The smallest absolute Gasteiger partial charge is 0.226 e. The number of carbonyl (C=O) groups is 1. The number of amides is 1. The number of thiazole rings is 1. The van der Waals surface area contributed by atoms with Gasteiger partial charge in [0.05, 0.1) is 18.7 Å². The van der Waals surface area contributed by atoms with Crippen LogP contribution in [-0.4, -0.2) is 37.1 Å². The lowest BCUT2D eigenvalue weighted by molar-refractivity contribution is -0.120. The van der Waals surface area contributed by atoms with Crippen molar-refractivity contribution in [3.8, 4) is 16.3 Å². The highest BCUT2D eigenvalue weighted by atomic mass is 32.1. The van der Waals surface area contributed by atoms with Crippen molar-refractivity contribution in [1.29, 1.82) is 0 Å². The van der Waals surface area contributed by atoms with Crippen molar-refractivity contribution >= 4 is 17.2 Å². The Morgan fingerprint density at radius 3 is 2.96 bits per heavy atom. The summed E-state index contributed by atoms with van der Waals surface area (Å²) in [6.07, 6.45) is 3.90. The van der Waals surface area contributed by atoms with Gasteiger partial charge in [-0.2, -0.15) is 0 Å². The van der Waals surface area contributed by atoms with E-state index in [2.05, 4.69) is 15.6 Å². The third-order valence-corrected chi connectivity index (χ3v) is 5.52. The van der Waals surface area contributed by atoms with Crippen molar-refractivity contribution in [2.45, 2.75) is 32.6 Å². The fraction of sp³-hybridized carbons (Fsp3) is 0.500. The first-order valence-corrected chi connectivity index (χ1v) is 10.3. The highest BCUT2D eigenvalue weighted by Gasteiger charge is 2.13. The van der Waals surface area contributed by atoms with Crippen molar-refractivity contribution in [2.75, 3.05) is 26.2 Å². The van der Waals surface area contributed by atoms with E-state index in [0.29, 0.717) is 18.9 Å². The van der Waals surface area contributed by atoms with E-state index in [1.807, 2.05) is 36.6 Å². The number of benzene rings is 1. The van der Waals surface area contributed by atoms with Crippen molar-refractivity contribution in [3.05, 3.63) is 35.3 Å². The number of nitrogens with one attached hydrogen (secondary N) is 2. The Morgan fingerprint density at radius 1 is 1.38 bits per heavy atom. The molecule has 1 saturated heterocycles. The molecule has 1 aromatic heterocycles. The molecule has 1 unspecified atom stereocenters. The van der Waals surface area contributed by atoms with Crippen LogP contribution >= 0.6 is 11.3 Å². The van der Waals surface area contributed by atoms with Gasteiger partial charge < -0.3 is 15.4 Å². The van der Waals surface area contributed by atoms with Crippen LogP contribution in [0.5, 0.6) is 5.75 Å². The molecule has 2 heterocycles. The Morgan fingerprint density at radius 2 is 2.23 bits per heavy atom. The molecular formula is C20H27N3O2S. The summed E-state index contributed by atoms with van der Waals surface area (Å²) in [6, 6.07) is 7.91. The van der Waals surface area contributed by atoms with Gasteiger partial charge in [-0.3, -0.25) is 4.79 Å². The molecule has 0 saturated carbocycles. The van der Waals surface area contributed by atoms with Crippen LogP contribution < -0.4 is 15.4 Å². The molecule has 1 aliphatic rings. The van der Waals surface area contributed by atoms with Crippen LogP contribution in [0.2, 0.25) is 0 Å². The zero-order valence-corrected chi connectivity index (χ0v) is 16.1. The minimum Gasteiger partial charge on any atom is -0.494 e. The van der Waals surface area contributed by atoms with E-state index in [0.717, 1.165) is 48.1 Å². The monoisotopic (exact) mass is 373 g/mol. The van der Waals surface area contributed by atoms with Crippen LogP contribution in [0.15, 0.2) is 29.6 Å². The average Bonchev–Trinajstić information content (AvgIpc) is 3.12. The predicted octanol–water partition coefficient (Wildman–Crippen LogP) is 3.26. The van der Waals surface area contributed by atoms with Crippen molar-refractivity contribution in [1.82, 2.24) is 15.6 Å². The van der Waals surface area contributed by atoms with Gasteiger partial charge >= 0.3 is 0 Å². The van der Waals surface area contributed by atoms with Crippen molar-refractivity contribution in [3.63, 3.8) is 0 Å². The maximum atomic E-state index is 12.1. The van der Waals surface area contributed by atoms with Crippen LogP contribution in [0.4, 0.5) is 0 Å². The second-order valence-corrected chi connectivity index (χ2v) is 7.49. The molecule has 0 aliphatic carbocycles. The van der Waals surface area contributed by atoms with Gasteiger partial charge in [0, 0.05) is 17.5 Å². The molecule has 2 aromatic rings. The summed E-state index contributed by atoms with van der Waals surface area (Å²) >= 11 is 1.57. The molecule has 26 heavy (non-hydrogen) atoms. The van der Waals surface area contributed by atoms with Gasteiger partial charge in [-0.05, 0) is 69.5 Å². The maximum Gasteiger partial charge on any atom is 0.226 e. The molecule has 6 heteroatoms. The number of hydrogen-bond acceptors (Lipinski definition) is 5. The Bertz CT molecular complexity index is 693. The Kier molecular flexibility index (Phi) is 7.03. The van der Waals surface area contributed by atoms with E-state index in [-0.39, 0.29) is 5.91 Å². The summed E-state index contributed by atoms with van der Waals surface area (Å²) in [6.45, 7) is 5.59. The second-order valence-electron chi connectivity index (χ2n) is 6.63. The Hall–Kier alpha value is -1.92. The zero-order valence-electron chi connectivity index (χ0n) is 15.3. The number of hydrogen-bond donors (Lipinski definition) is 2. The maximum absolute atomic E-state index is 12.1. The molecule has 0 bridgehead atoms. The number of rotatable bonds is 8. The summed E-state index contributed by atoms with van der Waals surface area (Å²) in [5, 5.41) is 9.35. The average molecular weight is 374 g/mol. The Balaban J connectivity index is 1.45. The van der Waals surface area contributed by atoms with Crippen LogP contribution in [0.1, 0.15) is 31.9 Å². The molecule has 1 atom stereocenters. The minimum absolute atomic E-state index is 0.0531. The minimum atomic E-state index is 0.0531. The lowest BCUT2D eigenvalue weighted by atomic mass is 9.96. The third-order valence-electron chi connectivity index (χ3n) is 4.58. The van der Waals surface area contributed by atoms with Crippen molar-refractivity contribution in [2.24, 2.45) is 5.92 Å². The molecule has 3 rings (SSSR count). The van der Waals surface area contributed by atoms with Crippen LogP contribution in [0, 0.1) is 5.92 Å². The molecule has 5 nitrogen and oxygen atoms in total. The predicted molar refractivity (Wildman–Crippen MR) is 106 cm³/mol. The summed E-state index contributed by atoms with van der Waals surface area (Å²) in [5.41, 5.74) is 1.88. The van der Waals surface area contributed by atoms with Crippen LogP contribution in [0.3, 0.4) is 0 Å². The molecule has 1 aliphatic heterocycles. The van der Waals surface area contributed by atoms with E-state index < -0.39 is 0 Å². The lowest BCUT2D eigenvalue weighted by Crippen LogP contribution is -2.33. The molecule has 0 spiro atoms. The first-order chi connectivity index (χ1) is 12.7. The number of aromatic nitrogens is 1. The molecule has 1 aromatic carbocycles. The number of nitrogens with zero attached hydrogens (tertiary/aromatic N) is 1. The van der Waals surface area contributed by atoms with Crippen molar-refractivity contribution < 1.29 is 9.53 Å². The van der Waals surface area contributed by atoms with E-state index in [9.17, 15) is 4.79 Å². The summed E-state index contributed by atoms with van der Waals surface area (Å²) in [4.78, 5) is 16.7. The number of piperidine rings is 1. The van der Waals surface area contributed by atoms with Gasteiger partial charge in [0.1, 0.15) is 10.8 Å². The fourth-order valence-corrected chi connectivity index (χ4v) is 4.02. The van der Waals surface area contributed by atoms with Gasteiger partial charge in [0.25, 0.3) is 0 Å². The van der Waals surface area contributed by atoms with E-state index >= 15 is 0 Å².